The van der Waals surface area contributed by atoms with Gasteiger partial charge in [0.1, 0.15) is 5.75 Å². The fourth-order valence-electron chi connectivity index (χ4n) is 2.70. The number of nitrogens with two attached hydrogens (primary N) is 1. The largest absolute Gasteiger partial charge is 0.494 e. The summed E-state index contributed by atoms with van der Waals surface area (Å²) in [7, 11) is 1.35. The van der Waals surface area contributed by atoms with E-state index in [0.29, 0.717) is 18.7 Å². The number of benzene rings is 2. The zero-order chi connectivity index (χ0) is 19.6. The molecule has 3 N–H and O–H groups in total. The van der Waals surface area contributed by atoms with Crippen molar-refractivity contribution in [2.45, 2.75) is 19.8 Å². The average Bonchev–Trinajstić information content (AvgIpc) is 2.68. The number of amides is 1. The van der Waals surface area contributed by atoms with Crippen LogP contribution in [0.4, 0.5) is 5.69 Å². The minimum absolute atomic E-state index is 0. The number of rotatable bonds is 9. The first kappa shape index (κ1) is 23.3. The van der Waals surface area contributed by atoms with Crippen molar-refractivity contribution < 1.29 is 19.1 Å². The highest BCUT2D eigenvalue weighted by atomic mass is 35.5. The van der Waals surface area contributed by atoms with Gasteiger partial charge in [-0.05, 0) is 48.7 Å². The van der Waals surface area contributed by atoms with E-state index in [-0.39, 0.29) is 37.2 Å². The number of anilines is 1. The van der Waals surface area contributed by atoms with Gasteiger partial charge in [0.05, 0.1) is 26.1 Å². The summed E-state index contributed by atoms with van der Waals surface area (Å²) in [6, 6.07) is 14.7. The number of halogens is 1. The third-order valence-corrected chi connectivity index (χ3v) is 4.14. The standard InChI is InChI=1S/C21H26N2O4.ClH/c1-3-27-19-10-6-15(7-11-19)12-17(21(25)26-2)14-23-20(24)13-16-4-8-18(22)9-5-16;/h4-11,17H,3,12-14,22H2,1-2H3,(H,23,24);1H. The highest BCUT2D eigenvalue weighted by Gasteiger charge is 2.20. The van der Waals surface area contributed by atoms with E-state index in [1.807, 2.05) is 43.3 Å². The molecule has 6 nitrogen and oxygen atoms in total. The topological polar surface area (TPSA) is 90.6 Å². The second-order valence-corrected chi connectivity index (χ2v) is 6.22. The summed E-state index contributed by atoms with van der Waals surface area (Å²) in [6.45, 7) is 2.74. The summed E-state index contributed by atoms with van der Waals surface area (Å²) in [5, 5.41) is 2.82. The van der Waals surface area contributed by atoms with Gasteiger partial charge in [-0.2, -0.15) is 0 Å². The minimum Gasteiger partial charge on any atom is -0.494 e. The van der Waals surface area contributed by atoms with Gasteiger partial charge in [-0.1, -0.05) is 24.3 Å². The molecule has 0 aliphatic carbocycles. The molecule has 0 saturated heterocycles. The molecule has 0 aliphatic rings. The Bertz CT molecular complexity index is 748. The molecule has 0 spiro atoms. The first-order valence-electron chi connectivity index (χ1n) is 8.92. The van der Waals surface area contributed by atoms with Crippen molar-refractivity contribution in [1.82, 2.24) is 5.32 Å². The highest BCUT2D eigenvalue weighted by Crippen LogP contribution is 2.16. The number of carbonyl (C=O) groups is 2. The molecular formula is C21H27ClN2O4. The van der Waals surface area contributed by atoms with Gasteiger partial charge < -0.3 is 20.5 Å². The Morgan fingerprint density at radius 3 is 2.21 bits per heavy atom. The summed E-state index contributed by atoms with van der Waals surface area (Å²) >= 11 is 0. The van der Waals surface area contributed by atoms with Crippen molar-refractivity contribution in [2.24, 2.45) is 5.92 Å². The highest BCUT2D eigenvalue weighted by molar-refractivity contribution is 5.85. The second kappa shape index (κ2) is 11.9. The molecule has 0 aliphatic heterocycles. The fourth-order valence-corrected chi connectivity index (χ4v) is 2.70. The van der Waals surface area contributed by atoms with Gasteiger partial charge in [-0.15, -0.1) is 12.4 Å². The van der Waals surface area contributed by atoms with E-state index in [0.717, 1.165) is 16.9 Å². The third-order valence-electron chi connectivity index (χ3n) is 4.14. The number of hydrogen-bond acceptors (Lipinski definition) is 5. The smallest absolute Gasteiger partial charge is 0.310 e. The van der Waals surface area contributed by atoms with Gasteiger partial charge in [-0.3, -0.25) is 9.59 Å². The van der Waals surface area contributed by atoms with E-state index in [1.165, 1.54) is 7.11 Å². The SMILES string of the molecule is CCOc1ccc(CC(CNC(=O)Cc2ccc(N)cc2)C(=O)OC)cc1.Cl. The van der Waals surface area contributed by atoms with E-state index < -0.39 is 5.92 Å². The average molecular weight is 407 g/mol. The predicted molar refractivity (Wildman–Crippen MR) is 112 cm³/mol. The van der Waals surface area contributed by atoms with E-state index >= 15 is 0 Å². The van der Waals surface area contributed by atoms with Crippen LogP contribution >= 0.6 is 12.4 Å². The van der Waals surface area contributed by atoms with Crippen molar-refractivity contribution in [1.29, 1.82) is 0 Å². The van der Waals surface area contributed by atoms with Crippen LogP contribution < -0.4 is 15.8 Å². The van der Waals surface area contributed by atoms with Gasteiger partial charge in [-0.25, -0.2) is 0 Å². The zero-order valence-corrected chi connectivity index (χ0v) is 17.0. The van der Waals surface area contributed by atoms with Crippen LogP contribution in [-0.4, -0.2) is 32.1 Å². The molecule has 2 rings (SSSR count). The number of nitrogen functional groups attached to an aromatic ring is 1. The molecule has 0 fully saturated rings. The number of methoxy groups -OCH3 is 1. The van der Waals surface area contributed by atoms with Crippen molar-refractivity contribution in [2.75, 3.05) is 26.0 Å². The van der Waals surface area contributed by atoms with E-state index in [9.17, 15) is 9.59 Å². The van der Waals surface area contributed by atoms with Crippen LogP contribution in [0.15, 0.2) is 48.5 Å². The molecular weight excluding hydrogens is 380 g/mol. The van der Waals surface area contributed by atoms with Crippen molar-refractivity contribution in [3.8, 4) is 5.75 Å². The number of esters is 1. The fraction of sp³-hybridized carbons (Fsp3) is 0.333. The molecule has 0 radical (unpaired) electrons. The summed E-state index contributed by atoms with van der Waals surface area (Å²) in [4.78, 5) is 24.3. The molecule has 0 bridgehead atoms. The predicted octanol–water partition coefficient (Wildman–Crippen LogP) is 2.78. The van der Waals surface area contributed by atoms with Gasteiger partial charge in [0.25, 0.3) is 0 Å². The maximum absolute atomic E-state index is 12.2. The summed E-state index contributed by atoms with van der Waals surface area (Å²) < 4.78 is 10.3. The Balaban J connectivity index is 0.00000392. The van der Waals surface area contributed by atoms with Crippen LogP contribution in [0, 0.1) is 5.92 Å². The van der Waals surface area contributed by atoms with E-state index in [4.69, 9.17) is 15.2 Å². The first-order valence-corrected chi connectivity index (χ1v) is 8.92. The van der Waals surface area contributed by atoms with Crippen molar-refractivity contribution in [3.05, 3.63) is 59.7 Å². The Hall–Kier alpha value is -2.73. The Kier molecular flexibility index (Phi) is 9.88. The van der Waals surface area contributed by atoms with Crippen LogP contribution in [0.5, 0.6) is 5.75 Å². The van der Waals surface area contributed by atoms with Crippen molar-refractivity contribution in [3.63, 3.8) is 0 Å². The van der Waals surface area contributed by atoms with Gasteiger partial charge >= 0.3 is 5.97 Å². The van der Waals surface area contributed by atoms with Crippen LogP contribution in [0.1, 0.15) is 18.1 Å². The molecule has 0 aromatic heterocycles. The number of carbonyl (C=O) groups excluding carboxylic acids is 2. The monoisotopic (exact) mass is 406 g/mol. The summed E-state index contributed by atoms with van der Waals surface area (Å²) in [6.07, 6.45) is 0.707. The normalized spacial score (nSPS) is 11.1. The number of nitrogens with one attached hydrogen (secondary N) is 1. The molecule has 1 unspecified atom stereocenters. The Morgan fingerprint density at radius 1 is 1.04 bits per heavy atom. The molecule has 2 aromatic rings. The minimum atomic E-state index is -0.455. The first-order chi connectivity index (χ1) is 13.0. The molecule has 152 valence electrons. The lowest BCUT2D eigenvalue weighted by atomic mass is 9.99. The van der Waals surface area contributed by atoms with Crippen LogP contribution in [0.3, 0.4) is 0 Å². The van der Waals surface area contributed by atoms with Crippen molar-refractivity contribution >= 4 is 30.0 Å². The maximum Gasteiger partial charge on any atom is 0.310 e. The lowest BCUT2D eigenvalue weighted by Crippen LogP contribution is -2.35. The van der Waals surface area contributed by atoms with Gasteiger partial charge in [0.15, 0.2) is 0 Å². The van der Waals surface area contributed by atoms with Gasteiger partial charge in [0, 0.05) is 12.2 Å². The lowest BCUT2D eigenvalue weighted by Gasteiger charge is -2.16. The van der Waals surface area contributed by atoms with Gasteiger partial charge in [0.2, 0.25) is 5.91 Å². The van der Waals surface area contributed by atoms with E-state index in [1.54, 1.807) is 12.1 Å². The summed E-state index contributed by atoms with van der Waals surface area (Å²) in [5.74, 6) is -0.173. The second-order valence-electron chi connectivity index (χ2n) is 6.22. The van der Waals surface area contributed by atoms with E-state index in [2.05, 4.69) is 5.32 Å². The molecule has 2 aromatic carbocycles. The molecule has 0 saturated carbocycles. The number of ether oxygens (including phenoxy) is 2. The summed E-state index contributed by atoms with van der Waals surface area (Å²) in [5.41, 5.74) is 8.13. The maximum atomic E-state index is 12.2. The van der Waals surface area contributed by atoms with Crippen LogP contribution in [0.25, 0.3) is 0 Å². The molecule has 7 heteroatoms. The lowest BCUT2D eigenvalue weighted by molar-refractivity contribution is -0.145. The zero-order valence-electron chi connectivity index (χ0n) is 16.1. The molecule has 28 heavy (non-hydrogen) atoms. The Labute approximate surface area is 171 Å². The Morgan fingerprint density at radius 2 is 1.64 bits per heavy atom. The molecule has 1 atom stereocenters. The van der Waals surface area contributed by atoms with Crippen LogP contribution in [0.2, 0.25) is 0 Å². The molecule has 1 amide bonds. The number of hydrogen-bond donors (Lipinski definition) is 2. The third kappa shape index (κ3) is 7.48. The quantitative estimate of drug-likeness (QED) is 0.493. The van der Waals surface area contributed by atoms with Crippen LogP contribution in [-0.2, 0) is 27.2 Å². The molecule has 0 heterocycles.